The van der Waals surface area contributed by atoms with Crippen molar-refractivity contribution in [2.24, 2.45) is 0 Å². The number of fused-ring (bicyclic) bond motifs is 1. The van der Waals surface area contributed by atoms with Gasteiger partial charge in [0, 0.05) is 6.54 Å². The van der Waals surface area contributed by atoms with Crippen LogP contribution in [0, 0.1) is 20.8 Å². The molecule has 0 spiro atoms. The summed E-state index contributed by atoms with van der Waals surface area (Å²) in [6, 6.07) is 19.5. The van der Waals surface area contributed by atoms with Crippen LogP contribution in [-0.2, 0) is 23.1 Å². The van der Waals surface area contributed by atoms with E-state index in [0.717, 1.165) is 27.7 Å². The summed E-state index contributed by atoms with van der Waals surface area (Å²) in [7, 11) is -2.33. The van der Waals surface area contributed by atoms with Crippen LogP contribution in [0.5, 0.6) is 5.75 Å². The highest BCUT2D eigenvalue weighted by Crippen LogP contribution is 2.27. The predicted octanol–water partition coefficient (Wildman–Crippen LogP) is 4.50. The van der Waals surface area contributed by atoms with Gasteiger partial charge in [0.15, 0.2) is 0 Å². The SMILES string of the molecule is COc1cc(C)c(C)cc1S(=O)(=O)NCc1nc2ccccc2n1Cc1ccc(C)cc1. The lowest BCUT2D eigenvalue weighted by molar-refractivity contribution is 0.401. The second kappa shape index (κ2) is 8.76. The highest BCUT2D eigenvalue weighted by atomic mass is 32.2. The first kappa shape index (κ1) is 22.0. The maximum absolute atomic E-state index is 13.1. The molecule has 1 heterocycles. The lowest BCUT2D eigenvalue weighted by Crippen LogP contribution is -2.26. The molecule has 32 heavy (non-hydrogen) atoms. The van der Waals surface area contributed by atoms with E-state index < -0.39 is 10.0 Å². The van der Waals surface area contributed by atoms with Crippen LogP contribution in [0.3, 0.4) is 0 Å². The summed E-state index contributed by atoms with van der Waals surface area (Å²) in [6.45, 7) is 6.53. The van der Waals surface area contributed by atoms with E-state index in [1.54, 1.807) is 12.1 Å². The normalized spacial score (nSPS) is 11.8. The Bertz CT molecular complexity index is 1370. The molecular formula is C25H27N3O3S. The number of nitrogens with one attached hydrogen (secondary N) is 1. The minimum Gasteiger partial charge on any atom is -0.495 e. The van der Waals surface area contributed by atoms with Crippen LogP contribution >= 0.6 is 0 Å². The summed E-state index contributed by atoms with van der Waals surface area (Å²) in [6.07, 6.45) is 0. The first-order valence-corrected chi connectivity index (χ1v) is 11.9. The molecule has 1 aromatic heterocycles. The molecule has 0 fully saturated rings. The zero-order valence-electron chi connectivity index (χ0n) is 18.7. The van der Waals surface area contributed by atoms with Gasteiger partial charge in [0.1, 0.15) is 16.5 Å². The number of nitrogens with zero attached hydrogens (tertiary/aromatic N) is 2. The van der Waals surface area contributed by atoms with E-state index in [0.29, 0.717) is 18.1 Å². The Morgan fingerprint density at radius 3 is 2.38 bits per heavy atom. The van der Waals surface area contributed by atoms with Gasteiger partial charge in [-0.1, -0.05) is 42.0 Å². The van der Waals surface area contributed by atoms with Crippen LogP contribution in [0.25, 0.3) is 11.0 Å². The number of hydrogen-bond donors (Lipinski definition) is 1. The molecule has 0 aliphatic rings. The molecule has 0 aliphatic heterocycles. The summed E-state index contributed by atoms with van der Waals surface area (Å²) in [4.78, 5) is 4.83. The molecule has 0 aliphatic carbocycles. The first-order valence-electron chi connectivity index (χ1n) is 10.4. The quantitative estimate of drug-likeness (QED) is 0.451. The smallest absolute Gasteiger partial charge is 0.244 e. The Morgan fingerprint density at radius 2 is 1.66 bits per heavy atom. The van der Waals surface area contributed by atoms with Gasteiger partial charge in [0.05, 0.1) is 24.7 Å². The molecule has 0 atom stereocenters. The van der Waals surface area contributed by atoms with Crippen molar-refractivity contribution in [3.05, 3.63) is 88.7 Å². The molecule has 1 N–H and O–H groups in total. The third-order valence-electron chi connectivity index (χ3n) is 5.68. The number of sulfonamides is 1. The van der Waals surface area contributed by atoms with Crippen molar-refractivity contribution in [3.63, 3.8) is 0 Å². The van der Waals surface area contributed by atoms with Crippen molar-refractivity contribution >= 4 is 21.1 Å². The first-order chi connectivity index (χ1) is 15.3. The monoisotopic (exact) mass is 449 g/mol. The van der Waals surface area contributed by atoms with E-state index in [1.165, 1.54) is 12.7 Å². The molecule has 3 aromatic carbocycles. The van der Waals surface area contributed by atoms with Crippen LogP contribution in [0.2, 0.25) is 0 Å². The molecule has 7 heteroatoms. The Morgan fingerprint density at radius 1 is 0.969 bits per heavy atom. The largest absolute Gasteiger partial charge is 0.495 e. The number of methoxy groups -OCH3 is 1. The zero-order valence-corrected chi connectivity index (χ0v) is 19.5. The van der Waals surface area contributed by atoms with Gasteiger partial charge in [-0.3, -0.25) is 0 Å². The number of hydrogen-bond acceptors (Lipinski definition) is 4. The third kappa shape index (κ3) is 4.40. The molecule has 166 valence electrons. The van der Waals surface area contributed by atoms with Gasteiger partial charge in [-0.2, -0.15) is 0 Å². The van der Waals surface area contributed by atoms with Gasteiger partial charge in [-0.25, -0.2) is 18.1 Å². The number of rotatable bonds is 7. The number of para-hydroxylation sites is 2. The maximum atomic E-state index is 13.1. The van der Waals surface area contributed by atoms with Gasteiger partial charge in [-0.05, 0) is 61.7 Å². The second-order valence-electron chi connectivity index (χ2n) is 8.00. The summed E-state index contributed by atoms with van der Waals surface area (Å²) >= 11 is 0. The molecule has 6 nitrogen and oxygen atoms in total. The third-order valence-corrected chi connectivity index (χ3v) is 7.11. The topological polar surface area (TPSA) is 73.2 Å². The van der Waals surface area contributed by atoms with Gasteiger partial charge in [-0.15, -0.1) is 0 Å². The summed E-state index contributed by atoms with van der Waals surface area (Å²) in [5.74, 6) is 0.979. The van der Waals surface area contributed by atoms with Crippen LogP contribution < -0.4 is 9.46 Å². The number of imidazole rings is 1. The lowest BCUT2D eigenvalue weighted by Gasteiger charge is -2.14. The van der Waals surface area contributed by atoms with E-state index in [1.807, 2.05) is 38.1 Å². The van der Waals surface area contributed by atoms with Gasteiger partial charge in [0.25, 0.3) is 0 Å². The highest BCUT2D eigenvalue weighted by Gasteiger charge is 2.22. The molecular weight excluding hydrogens is 422 g/mol. The van der Waals surface area contributed by atoms with E-state index >= 15 is 0 Å². The molecule has 0 saturated heterocycles. The zero-order chi connectivity index (χ0) is 22.9. The molecule has 4 aromatic rings. The standard InChI is InChI=1S/C25H27N3O3S/c1-17-9-11-20(12-10-17)16-28-22-8-6-5-7-21(22)27-25(28)15-26-32(29,30)24-14-19(3)18(2)13-23(24)31-4/h5-14,26H,15-16H2,1-4H3. The van der Waals surface area contributed by atoms with Crippen molar-refractivity contribution in [2.75, 3.05) is 7.11 Å². The minimum absolute atomic E-state index is 0.0684. The fourth-order valence-corrected chi connectivity index (χ4v) is 4.90. The molecule has 0 unspecified atom stereocenters. The highest BCUT2D eigenvalue weighted by molar-refractivity contribution is 7.89. The average Bonchev–Trinajstić information content (AvgIpc) is 3.13. The van der Waals surface area contributed by atoms with Crippen molar-refractivity contribution in [1.29, 1.82) is 0 Å². The summed E-state index contributed by atoms with van der Waals surface area (Å²) < 4.78 is 36.4. The van der Waals surface area contributed by atoms with E-state index in [-0.39, 0.29) is 11.4 Å². The predicted molar refractivity (Wildman–Crippen MR) is 127 cm³/mol. The fourth-order valence-electron chi connectivity index (χ4n) is 3.68. The Kier molecular flexibility index (Phi) is 6.04. The molecule has 0 saturated carbocycles. The summed E-state index contributed by atoms with van der Waals surface area (Å²) in [5.41, 5.74) is 5.97. The second-order valence-corrected chi connectivity index (χ2v) is 9.74. The molecule has 0 amide bonds. The van der Waals surface area contributed by atoms with Crippen molar-refractivity contribution in [1.82, 2.24) is 14.3 Å². The van der Waals surface area contributed by atoms with Gasteiger partial charge >= 0.3 is 0 Å². The summed E-state index contributed by atoms with van der Waals surface area (Å²) in [5, 5.41) is 0. The lowest BCUT2D eigenvalue weighted by atomic mass is 10.1. The molecule has 0 bridgehead atoms. The minimum atomic E-state index is -3.80. The van der Waals surface area contributed by atoms with E-state index in [2.05, 4.69) is 40.5 Å². The van der Waals surface area contributed by atoms with Crippen LogP contribution in [0.1, 0.15) is 28.1 Å². The molecule has 4 rings (SSSR count). The van der Waals surface area contributed by atoms with Crippen molar-refractivity contribution in [3.8, 4) is 5.75 Å². The van der Waals surface area contributed by atoms with Crippen LogP contribution in [-0.4, -0.2) is 25.1 Å². The number of aryl methyl sites for hydroxylation is 3. The van der Waals surface area contributed by atoms with Crippen molar-refractivity contribution < 1.29 is 13.2 Å². The Balaban J connectivity index is 1.67. The van der Waals surface area contributed by atoms with Crippen molar-refractivity contribution in [2.45, 2.75) is 38.8 Å². The Hall–Kier alpha value is -3.16. The fraction of sp³-hybridized carbons (Fsp3) is 0.240. The maximum Gasteiger partial charge on any atom is 0.244 e. The number of ether oxygens (including phenoxy) is 1. The number of aromatic nitrogens is 2. The average molecular weight is 450 g/mol. The molecule has 0 radical (unpaired) electrons. The van der Waals surface area contributed by atoms with Gasteiger partial charge in [0.2, 0.25) is 10.0 Å². The van der Waals surface area contributed by atoms with Crippen LogP contribution in [0.15, 0.2) is 65.6 Å². The van der Waals surface area contributed by atoms with Gasteiger partial charge < -0.3 is 9.30 Å². The Labute approximate surface area is 188 Å². The van der Waals surface area contributed by atoms with E-state index in [9.17, 15) is 8.42 Å². The number of benzene rings is 3. The van der Waals surface area contributed by atoms with E-state index in [4.69, 9.17) is 9.72 Å². The van der Waals surface area contributed by atoms with Crippen LogP contribution in [0.4, 0.5) is 0 Å².